The number of nitro benzene ring substituents is 1. The van der Waals surface area contributed by atoms with Crippen LogP contribution in [0.4, 0.5) is 5.69 Å². The highest BCUT2D eigenvalue weighted by Crippen LogP contribution is 2.27. The largest absolute Gasteiger partial charge is 0.475 e. The molecular formula is C12H14N2O6. The number of hydrogen-bond acceptors (Lipinski definition) is 6. The van der Waals surface area contributed by atoms with Crippen molar-refractivity contribution in [2.75, 3.05) is 6.61 Å². The molecule has 8 nitrogen and oxygen atoms in total. The molecule has 1 rings (SSSR count). The number of carbonyl (C=O) groups is 2. The highest BCUT2D eigenvalue weighted by atomic mass is 16.6. The monoisotopic (exact) mass is 282 g/mol. The Morgan fingerprint density at radius 3 is 2.55 bits per heavy atom. The van der Waals surface area contributed by atoms with Crippen LogP contribution in [-0.4, -0.2) is 29.5 Å². The maximum atomic E-state index is 11.3. The molecule has 1 aromatic carbocycles. The SMILES string of the molecule is CC(C)OC(=O)COc1ccc(C(N)=O)cc1[N+](=O)[O-]. The predicted octanol–water partition coefficient (Wildman–Crippen LogP) is 1.02. The molecule has 0 unspecified atom stereocenters. The van der Waals surface area contributed by atoms with Gasteiger partial charge in [-0.3, -0.25) is 14.9 Å². The molecule has 0 spiro atoms. The number of rotatable bonds is 6. The molecule has 0 heterocycles. The molecule has 2 N–H and O–H groups in total. The third-order valence-corrected chi connectivity index (χ3v) is 2.15. The van der Waals surface area contributed by atoms with Gasteiger partial charge in [0.25, 0.3) is 0 Å². The first kappa shape index (κ1) is 15.4. The summed E-state index contributed by atoms with van der Waals surface area (Å²) < 4.78 is 9.85. The average molecular weight is 282 g/mol. The molecule has 1 amide bonds. The highest BCUT2D eigenvalue weighted by Gasteiger charge is 2.19. The molecule has 0 aliphatic carbocycles. The number of ether oxygens (including phenoxy) is 2. The van der Waals surface area contributed by atoms with E-state index in [1.165, 1.54) is 12.1 Å². The molecule has 0 aliphatic heterocycles. The molecule has 0 fully saturated rings. The molecule has 8 heteroatoms. The van der Waals surface area contributed by atoms with E-state index in [9.17, 15) is 19.7 Å². The van der Waals surface area contributed by atoms with Gasteiger partial charge < -0.3 is 15.2 Å². The zero-order chi connectivity index (χ0) is 15.3. The molecule has 0 radical (unpaired) electrons. The van der Waals surface area contributed by atoms with Crippen LogP contribution < -0.4 is 10.5 Å². The normalized spacial score (nSPS) is 10.2. The Bertz CT molecular complexity index is 541. The van der Waals surface area contributed by atoms with Crippen LogP contribution in [-0.2, 0) is 9.53 Å². The van der Waals surface area contributed by atoms with Crippen LogP contribution in [0.1, 0.15) is 24.2 Å². The highest BCUT2D eigenvalue weighted by molar-refractivity contribution is 5.93. The fraction of sp³-hybridized carbons (Fsp3) is 0.333. The van der Waals surface area contributed by atoms with Gasteiger partial charge in [-0.05, 0) is 26.0 Å². The van der Waals surface area contributed by atoms with Crippen molar-refractivity contribution in [3.8, 4) is 5.75 Å². The maximum Gasteiger partial charge on any atom is 0.344 e. The third-order valence-electron chi connectivity index (χ3n) is 2.15. The summed E-state index contributed by atoms with van der Waals surface area (Å²) in [5.74, 6) is -1.58. The molecule has 0 aromatic heterocycles. The molecule has 108 valence electrons. The van der Waals surface area contributed by atoms with E-state index in [1.54, 1.807) is 13.8 Å². The number of benzene rings is 1. The second-order valence-corrected chi connectivity index (χ2v) is 4.13. The van der Waals surface area contributed by atoms with Gasteiger partial charge >= 0.3 is 11.7 Å². The van der Waals surface area contributed by atoms with Gasteiger partial charge in [0.05, 0.1) is 11.0 Å². The molecule has 0 aliphatic rings. The van der Waals surface area contributed by atoms with E-state index in [4.69, 9.17) is 15.2 Å². The van der Waals surface area contributed by atoms with Crippen LogP contribution in [0.25, 0.3) is 0 Å². The van der Waals surface area contributed by atoms with Crippen LogP contribution in [0.5, 0.6) is 5.75 Å². The van der Waals surface area contributed by atoms with E-state index in [0.29, 0.717) is 0 Å². The predicted molar refractivity (Wildman–Crippen MR) is 68.3 cm³/mol. The van der Waals surface area contributed by atoms with E-state index in [2.05, 4.69) is 0 Å². The van der Waals surface area contributed by atoms with Crippen molar-refractivity contribution >= 4 is 17.6 Å². The summed E-state index contributed by atoms with van der Waals surface area (Å²) in [5, 5.41) is 10.9. The topological polar surface area (TPSA) is 122 Å². The number of nitro groups is 1. The Hall–Kier alpha value is -2.64. The second-order valence-electron chi connectivity index (χ2n) is 4.13. The van der Waals surface area contributed by atoms with E-state index in [0.717, 1.165) is 6.07 Å². The third kappa shape index (κ3) is 4.23. The maximum absolute atomic E-state index is 11.3. The molecule has 20 heavy (non-hydrogen) atoms. The van der Waals surface area contributed by atoms with E-state index in [-0.39, 0.29) is 17.4 Å². The lowest BCUT2D eigenvalue weighted by Gasteiger charge is -2.09. The number of primary amides is 1. The van der Waals surface area contributed by atoms with Gasteiger partial charge in [0.1, 0.15) is 0 Å². The van der Waals surface area contributed by atoms with Crippen molar-refractivity contribution in [2.24, 2.45) is 5.73 Å². The Labute approximate surface area is 114 Å². The van der Waals surface area contributed by atoms with Gasteiger partial charge in [0.15, 0.2) is 12.4 Å². The fourth-order valence-electron chi connectivity index (χ4n) is 1.37. The summed E-state index contributed by atoms with van der Waals surface area (Å²) in [6, 6.07) is 3.48. The Morgan fingerprint density at radius 1 is 1.40 bits per heavy atom. The lowest BCUT2D eigenvalue weighted by molar-refractivity contribution is -0.385. The number of carbonyl (C=O) groups excluding carboxylic acids is 2. The summed E-state index contributed by atoms with van der Waals surface area (Å²) in [4.78, 5) is 32.4. The van der Waals surface area contributed by atoms with E-state index < -0.39 is 29.1 Å². The first-order valence-corrected chi connectivity index (χ1v) is 5.71. The number of nitrogens with two attached hydrogens (primary N) is 1. The van der Waals surface area contributed by atoms with Crippen molar-refractivity contribution in [1.82, 2.24) is 0 Å². The zero-order valence-electron chi connectivity index (χ0n) is 11.0. The van der Waals surface area contributed by atoms with E-state index >= 15 is 0 Å². The molecule has 0 saturated carbocycles. The summed E-state index contributed by atoms with van der Waals surface area (Å²) in [6.07, 6.45) is -0.307. The van der Waals surface area contributed by atoms with E-state index in [1.807, 2.05) is 0 Å². The lowest BCUT2D eigenvalue weighted by Crippen LogP contribution is -2.19. The smallest absolute Gasteiger partial charge is 0.344 e. The van der Waals surface area contributed by atoms with Gasteiger partial charge in [-0.15, -0.1) is 0 Å². The Morgan fingerprint density at radius 2 is 2.05 bits per heavy atom. The first-order valence-electron chi connectivity index (χ1n) is 5.71. The molecule has 0 saturated heterocycles. The summed E-state index contributed by atoms with van der Waals surface area (Å²) in [6.45, 7) is 2.87. The average Bonchev–Trinajstić information content (AvgIpc) is 2.35. The first-order chi connectivity index (χ1) is 9.31. The minimum absolute atomic E-state index is 0.0196. The summed E-state index contributed by atoms with van der Waals surface area (Å²) >= 11 is 0. The number of hydrogen-bond donors (Lipinski definition) is 1. The Balaban J connectivity index is 2.87. The molecule has 0 bridgehead atoms. The standard InChI is InChI=1S/C12H14N2O6/c1-7(2)20-11(15)6-19-10-4-3-8(12(13)16)5-9(10)14(17)18/h3-5,7H,6H2,1-2H3,(H2,13,16). The Kier molecular flexibility index (Phi) is 5.01. The quantitative estimate of drug-likeness (QED) is 0.472. The van der Waals surface area contributed by atoms with Crippen LogP contribution in [0.15, 0.2) is 18.2 Å². The fourth-order valence-corrected chi connectivity index (χ4v) is 1.37. The van der Waals surface area contributed by atoms with Crippen LogP contribution in [0.3, 0.4) is 0 Å². The number of esters is 1. The van der Waals surface area contributed by atoms with Crippen LogP contribution >= 0.6 is 0 Å². The lowest BCUT2D eigenvalue weighted by atomic mass is 10.2. The second kappa shape index (κ2) is 6.50. The van der Waals surface area contributed by atoms with Crippen LogP contribution in [0, 0.1) is 10.1 Å². The minimum atomic E-state index is -0.793. The van der Waals surface area contributed by atoms with Crippen molar-refractivity contribution in [3.63, 3.8) is 0 Å². The van der Waals surface area contributed by atoms with Crippen molar-refractivity contribution < 1.29 is 24.0 Å². The summed E-state index contributed by atoms with van der Waals surface area (Å²) in [5.41, 5.74) is 4.57. The van der Waals surface area contributed by atoms with Gasteiger partial charge in [0.2, 0.25) is 5.91 Å². The van der Waals surface area contributed by atoms with Crippen molar-refractivity contribution in [3.05, 3.63) is 33.9 Å². The van der Waals surface area contributed by atoms with Gasteiger partial charge in [-0.2, -0.15) is 0 Å². The minimum Gasteiger partial charge on any atom is -0.475 e. The van der Waals surface area contributed by atoms with Crippen molar-refractivity contribution in [1.29, 1.82) is 0 Å². The van der Waals surface area contributed by atoms with Gasteiger partial charge in [-0.25, -0.2) is 4.79 Å². The number of nitrogens with zero attached hydrogens (tertiary/aromatic N) is 1. The zero-order valence-corrected chi connectivity index (χ0v) is 11.0. The molecular weight excluding hydrogens is 268 g/mol. The number of amides is 1. The summed E-state index contributed by atoms with van der Waals surface area (Å²) in [7, 11) is 0. The van der Waals surface area contributed by atoms with Crippen molar-refractivity contribution in [2.45, 2.75) is 20.0 Å². The van der Waals surface area contributed by atoms with Gasteiger partial charge in [-0.1, -0.05) is 0 Å². The molecule has 1 aromatic rings. The molecule has 0 atom stereocenters. The van der Waals surface area contributed by atoms with Crippen LogP contribution in [0.2, 0.25) is 0 Å². The van der Waals surface area contributed by atoms with Gasteiger partial charge in [0, 0.05) is 11.6 Å².